The number of amides is 1. The van der Waals surface area contributed by atoms with Crippen molar-refractivity contribution in [2.45, 2.75) is 25.9 Å². The maximum Gasteiger partial charge on any atom is 0.411 e. The molecule has 7 heteroatoms. The number of alkyl halides is 3. The van der Waals surface area contributed by atoms with Gasteiger partial charge in [-0.15, -0.1) is 0 Å². The molecule has 1 N–H and O–H groups in total. The van der Waals surface area contributed by atoms with Crippen LogP contribution in [0.5, 0.6) is 0 Å². The summed E-state index contributed by atoms with van der Waals surface area (Å²) in [5, 5.41) is 2.63. The largest absolute Gasteiger partial charge is 0.411 e. The molecule has 0 rings (SSSR count). The quantitative estimate of drug-likeness (QED) is 0.655. The lowest BCUT2D eigenvalue weighted by molar-refractivity contribution is -0.174. The number of thioether (sulfide) groups is 1. The minimum atomic E-state index is -4.28. The lowest BCUT2D eigenvalue weighted by Gasteiger charge is -2.08. The monoisotopic (exact) mass is 273 g/mol. The molecule has 0 bridgehead atoms. The molecule has 102 valence electrons. The highest BCUT2D eigenvalue weighted by Crippen LogP contribution is 2.14. The van der Waals surface area contributed by atoms with Crippen LogP contribution in [0.25, 0.3) is 0 Å². The topological polar surface area (TPSA) is 38.3 Å². The third-order valence-corrected chi connectivity index (χ3v) is 2.63. The Balaban J connectivity index is 3.25. The van der Waals surface area contributed by atoms with Gasteiger partial charge < -0.3 is 10.1 Å². The predicted molar refractivity (Wildman–Crippen MR) is 62.1 cm³/mol. The molecular formula is C10H18F3NO2S. The van der Waals surface area contributed by atoms with Crippen LogP contribution in [0.1, 0.15) is 19.8 Å². The van der Waals surface area contributed by atoms with Gasteiger partial charge in [0, 0.05) is 25.3 Å². The van der Waals surface area contributed by atoms with Crippen molar-refractivity contribution in [3.8, 4) is 0 Å². The molecule has 0 spiro atoms. The van der Waals surface area contributed by atoms with Gasteiger partial charge in [-0.2, -0.15) is 24.9 Å². The molecule has 0 saturated carbocycles. The molecule has 3 nitrogen and oxygen atoms in total. The van der Waals surface area contributed by atoms with Crippen LogP contribution in [0.4, 0.5) is 13.2 Å². The van der Waals surface area contributed by atoms with Crippen molar-refractivity contribution < 1.29 is 22.7 Å². The zero-order chi connectivity index (χ0) is 13.1. The van der Waals surface area contributed by atoms with Crippen LogP contribution < -0.4 is 5.32 Å². The molecule has 0 saturated heterocycles. The van der Waals surface area contributed by atoms with Gasteiger partial charge in [0.25, 0.3) is 0 Å². The van der Waals surface area contributed by atoms with Gasteiger partial charge in [0.05, 0.1) is 0 Å². The predicted octanol–water partition coefficient (Wildman–Crippen LogP) is 2.21. The van der Waals surface area contributed by atoms with Crippen LogP contribution in [0, 0.1) is 0 Å². The van der Waals surface area contributed by atoms with Crippen LogP contribution in [-0.2, 0) is 9.53 Å². The SMILES string of the molecule is CCSCCC(=O)NCCCOCC(F)(F)F. The van der Waals surface area contributed by atoms with Crippen LogP contribution in [0.15, 0.2) is 0 Å². The Morgan fingerprint density at radius 2 is 2.12 bits per heavy atom. The summed E-state index contributed by atoms with van der Waals surface area (Å²) in [5.41, 5.74) is 0. The Morgan fingerprint density at radius 1 is 1.41 bits per heavy atom. The molecule has 0 aliphatic heterocycles. The standard InChI is InChI=1S/C10H18F3NO2S/c1-2-17-7-4-9(15)14-5-3-6-16-8-10(11,12)13/h2-8H2,1H3,(H,14,15). The first-order chi connectivity index (χ1) is 7.95. The highest BCUT2D eigenvalue weighted by Gasteiger charge is 2.27. The zero-order valence-corrected chi connectivity index (χ0v) is 10.6. The highest BCUT2D eigenvalue weighted by molar-refractivity contribution is 7.99. The van der Waals surface area contributed by atoms with Crippen molar-refractivity contribution >= 4 is 17.7 Å². The molecule has 0 aliphatic rings. The third kappa shape index (κ3) is 13.5. The molecule has 0 heterocycles. The molecule has 0 unspecified atom stereocenters. The van der Waals surface area contributed by atoms with Gasteiger partial charge >= 0.3 is 6.18 Å². The average Bonchev–Trinajstić information content (AvgIpc) is 2.22. The van der Waals surface area contributed by atoms with E-state index in [1.807, 2.05) is 6.92 Å². The zero-order valence-electron chi connectivity index (χ0n) is 9.81. The van der Waals surface area contributed by atoms with Gasteiger partial charge in [-0.1, -0.05) is 6.92 Å². The number of nitrogens with one attached hydrogen (secondary N) is 1. The molecule has 0 aromatic heterocycles. The van der Waals surface area contributed by atoms with Gasteiger partial charge in [0.15, 0.2) is 0 Å². The summed E-state index contributed by atoms with van der Waals surface area (Å²) in [7, 11) is 0. The second-order valence-corrected chi connectivity index (χ2v) is 4.71. The maximum absolute atomic E-state index is 11.7. The van der Waals surface area contributed by atoms with E-state index in [1.54, 1.807) is 11.8 Å². The lowest BCUT2D eigenvalue weighted by Crippen LogP contribution is -2.26. The summed E-state index contributed by atoms with van der Waals surface area (Å²) >= 11 is 1.68. The van der Waals surface area contributed by atoms with E-state index < -0.39 is 12.8 Å². The van der Waals surface area contributed by atoms with Crippen LogP contribution in [-0.4, -0.2) is 43.3 Å². The van der Waals surface area contributed by atoms with Crippen LogP contribution in [0.3, 0.4) is 0 Å². The van der Waals surface area contributed by atoms with E-state index in [0.29, 0.717) is 19.4 Å². The van der Waals surface area contributed by atoms with Crippen molar-refractivity contribution in [3.63, 3.8) is 0 Å². The Bertz CT molecular complexity index is 212. The smallest absolute Gasteiger partial charge is 0.372 e. The first-order valence-electron chi connectivity index (χ1n) is 5.44. The van der Waals surface area contributed by atoms with E-state index in [-0.39, 0.29) is 12.5 Å². The summed E-state index contributed by atoms with van der Waals surface area (Å²) in [4.78, 5) is 11.2. The fraction of sp³-hybridized carbons (Fsp3) is 0.900. The van der Waals surface area contributed by atoms with Gasteiger partial charge in [-0.25, -0.2) is 0 Å². The molecule has 0 atom stereocenters. The van der Waals surface area contributed by atoms with E-state index in [0.717, 1.165) is 11.5 Å². The van der Waals surface area contributed by atoms with Crippen molar-refractivity contribution in [3.05, 3.63) is 0 Å². The Morgan fingerprint density at radius 3 is 2.71 bits per heavy atom. The molecule has 17 heavy (non-hydrogen) atoms. The first-order valence-corrected chi connectivity index (χ1v) is 6.60. The second kappa shape index (κ2) is 9.58. The van der Waals surface area contributed by atoms with Crippen LogP contribution in [0.2, 0.25) is 0 Å². The minimum absolute atomic E-state index is 0.00347. The molecule has 0 aliphatic carbocycles. The van der Waals surface area contributed by atoms with E-state index in [1.165, 1.54) is 0 Å². The molecule has 1 amide bonds. The summed E-state index contributed by atoms with van der Waals surface area (Å²) in [6, 6.07) is 0. The summed E-state index contributed by atoms with van der Waals surface area (Å²) in [5.74, 6) is 1.67. The molecular weight excluding hydrogens is 255 g/mol. The summed E-state index contributed by atoms with van der Waals surface area (Å²) in [6.07, 6.45) is -3.44. The number of rotatable bonds is 9. The van der Waals surface area contributed by atoms with Crippen molar-refractivity contribution in [2.75, 3.05) is 31.3 Å². The van der Waals surface area contributed by atoms with Crippen molar-refractivity contribution in [1.29, 1.82) is 0 Å². The number of halogens is 3. The van der Waals surface area contributed by atoms with Gasteiger partial charge in [-0.3, -0.25) is 4.79 Å². The number of carbonyl (C=O) groups is 1. The van der Waals surface area contributed by atoms with Crippen molar-refractivity contribution in [2.24, 2.45) is 0 Å². The normalized spacial score (nSPS) is 11.5. The molecule has 0 aromatic carbocycles. The fourth-order valence-corrected chi connectivity index (χ4v) is 1.61. The first kappa shape index (κ1) is 16.6. The van der Waals surface area contributed by atoms with E-state index in [9.17, 15) is 18.0 Å². The molecule has 0 fully saturated rings. The summed E-state index contributed by atoms with van der Waals surface area (Å²) in [6.45, 7) is 1.14. The molecule has 0 aromatic rings. The van der Waals surface area contributed by atoms with Gasteiger partial charge in [-0.05, 0) is 12.2 Å². The summed E-state index contributed by atoms with van der Waals surface area (Å²) < 4.78 is 39.4. The maximum atomic E-state index is 11.7. The molecule has 0 radical (unpaired) electrons. The minimum Gasteiger partial charge on any atom is -0.372 e. The van der Waals surface area contributed by atoms with E-state index >= 15 is 0 Å². The Labute approximate surface area is 103 Å². The number of carbonyl (C=O) groups excluding carboxylic acids is 1. The van der Waals surface area contributed by atoms with E-state index in [2.05, 4.69) is 10.1 Å². The third-order valence-electron chi connectivity index (χ3n) is 1.73. The van der Waals surface area contributed by atoms with Crippen LogP contribution >= 0.6 is 11.8 Å². The number of hydrogen-bond acceptors (Lipinski definition) is 3. The van der Waals surface area contributed by atoms with Gasteiger partial charge in [0.1, 0.15) is 6.61 Å². The lowest BCUT2D eigenvalue weighted by atomic mass is 10.4. The second-order valence-electron chi connectivity index (χ2n) is 3.32. The highest BCUT2D eigenvalue weighted by atomic mass is 32.2. The van der Waals surface area contributed by atoms with Crippen molar-refractivity contribution in [1.82, 2.24) is 5.32 Å². The fourth-order valence-electron chi connectivity index (χ4n) is 0.988. The van der Waals surface area contributed by atoms with Gasteiger partial charge in [0.2, 0.25) is 5.91 Å². The number of hydrogen-bond donors (Lipinski definition) is 1. The Hall–Kier alpha value is -0.430. The van der Waals surface area contributed by atoms with E-state index in [4.69, 9.17) is 0 Å². The average molecular weight is 273 g/mol. The Kier molecular flexibility index (Phi) is 9.34. The number of ether oxygens (including phenoxy) is 1.